The summed E-state index contributed by atoms with van der Waals surface area (Å²) in [5.74, 6) is 0. The van der Waals surface area contributed by atoms with Crippen molar-refractivity contribution >= 4 is 10.9 Å². The molecule has 0 bridgehead atoms. The number of aromatic amines is 1. The number of aromatic nitrogens is 6. The van der Waals surface area contributed by atoms with E-state index in [-0.39, 0.29) is 0 Å². The van der Waals surface area contributed by atoms with Gasteiger partial charge in [0.05, 0.1) is 24.6 Å². The lowest BCUT2D eigenvalue weighted by molar-refractivity contribution is 0.126. The molecular formula is C28H31N7. The van der Waals surface area contributed by atoms with Crippen molar-refractivity contribution in [3.05, 3.63) is 84.7 Å². The molecule has 6 rings (SSSR count). The van der Waals surface area contributed by atoms with Gasteiger partial charge in [-0.05, 0) is 72.6 Å². The van der Waals surface area contributed by atoms with Crippen LogP contribution in [0.2, 0.25) is 0 Å². The third kappa shape index (κ3) is 4.77. The summed E-state index contributed by atoms with van der Waals surface area (Å²) < 4.78 is 3.92. The van der Waals surface area contributed by atoms with Crippen molar-refractivity contribution in [3.8, 4) is 16.9 Å². The molecule has 1 N–H and O–H groups in total. The van der Waals surface area contributed by atoms with E-state index in [1.807, 2.05) is 52.4 Å². The van der Waals surface area contributed by atoms with E-state index < -0.39 is 0 Å². The van der Waals surface area contributed by atoms with Gasteiger partial charge in [0.1, 0.15) is 5.69 Å². The zero-order chi connectivity index (χ0) is 23.8. The Morgan fingerprint density at radius 1 is 0.971 bits per heavy atom. The van der Waals surface area contributed by atoms with Gasteiger partial charge >= 0.3 is 0 Å². The second-order valence-corrected chi connectivity index (χ2v) is 10.5. The fourth-order valence-corrected chi connectivity index (χ4v) is 4.89. The smallest absolute Gasteiger partial charge is 0.114 e. The molecule has 7 nitrogen and oxygen atoms in total. The summed E-state index contributed by atoms with van der Waals surface area (Å²) in [5, 5.41) is 10.0. The summed E-state index contributed by atoms with van der Waals surface area (Å²) in [7, 11) is 0. The summed E-state index contributed by atoms with van der Waals surface area (Å²) >= 11 is 0. The second kappa shape index (κ2) is 8.82. The number of H-pyrrole nitrogens is 1. The SMILES string of the molecule is CC1(C)CCN(Cc2cc3ccc(Cn4cc(-c5cncc(-n6cccc6)c5)nn4)cc3[nH]2)CC1. The maximum Gasteiger partial charge on any atom is 0.114 e. The normalized spacial score (nSPS) is 16.2. The molecule has 35 heavy (non-hydrogen) atoms. The topological polar surface area (TPSA) is 67.6 Å². The van der Waals surface area contributed by atoms with Crippen LogP contribution in [0.4, 0.5) is 0 Å². The summed E-state index contributed by atoms with van der Waals surface area (Å²) in [4.78, 5) is 10.6. The predicted octanol–water partition coefficient (Wildman–Crippen LogP) is 5.28. The van der Waals surface area contributed by atoms with E-state index in [4.69, 9.17) is 0 Å². The van der Waals surface area contributed by atoms with Crippen LogP contribution in [0.25, 0.3) is 27.8 Å². The molecule has 0 atom stereocenters. The Kier molecular flexibility index (Phi) is 5.49. The summed E-state index contributed by atoms with van der Waals surface area (Å²) in [5.41, 5.74) is 6.92. The Hall–Kier alpha value is -3.71. The molecule has 0 radical (unpaired) electrons. The van der Waals surface area contributed by atoms with Crippen LogP contribution in [0.5, 0.6) is 0 Å². The molecule has 7 heteroatoms. The lowest BCUT2D eigenvalue weighted by Gasteiger charge is -2.36. The Labute approximate surface area is 205 Å². The summed E-state index contributed by atoms with van der Waals surface area (Å²) in [6, 6.07) is 15.0. The van der Waals surface area contributed by atoms with E-state index in [1.54, 1.807) is 0 Å². The first kappa shape index (κ1) is 21.8. The Balaban J connectivity index is 1.15. The van der Waals surface area contributed by atoms with Gasteiger partial charge in [-0.15, -0.1) is 5.10 Å². The number of rotatable bonds is 6. The Bertz CT molecular complexity index is 1430. The molecule has 1 aliphatic rings. The highest BCUT2D eigenvalue weighted by Gasteiger charge is 2.25. The molecule has 4 aromatic heterocycles. The lowest BCUT2D eigenvalue weighted by Crippen LogP contribution is -2.36. The predicted molar refractivity (Wildman–Crippen MR) is 138 cm³/mol. The van der Waals surface area contributed by atoms with Crippen LogP contribution in [0, 0.1) is 5.41 Å². The number of pyridine rings is 1. The highest BCUT2D eigenvalue weighted by molar-refractivity contribution is 5.81. The van der Waals surface area contributed by atoms with Crippen LogP contribution in [0.15, 0.2) is 73.4 Å². The summed E-state index contributed by atoms with van der Waals surface area (Å²) in [6.45, 7) is 8.76. The molecule has 178 valence electrons. The zero-order valence-electron chi connectivity index (χ0n) is 20.4. The van der Waals surface area contributed by atoms with Crippen LogP contribution in [-0.4, -0.2) is 47.5 Å². The van der Waals surface area contributed by atoms with Gasteiger partial charge in [0.25, 0.3) is 0 Å². The fraction of sp³-hybridized carbons (Fsp3) is 0.321. The van der Waals surface area contributed by atoms with Crippen molar-refractivity contribution in [2.24, 2.45) is 5.41 Å². The van der Waals surface area contributed by atoms with Crippen molar-refractivity contribution in [2.75, 3.05) is 13.1 Å². The van der Waals surface area contributed by atoms with Crippen molar-refractivity contribution in [2.45, 2.75) is 39.8 Å². The third-order valence-corrected chi connectivity index (χ3v) is 7.15. The molecule has 1 aliphatic heterocycles. The minimum Gasteiger partial charge on any atom is -0.357 e. The first-order chi connectivity index (χ1) is 17.0. The third-order valence-electron chi connectivity index (χ3n) is 7.15. The van der Waals surface area contributed by atoms with Gasteiger partial charge in [0, 0.05) is 41.9 Å². The fourth-order valence-electron chi connectivity index (χ4n) is 4.89. The molecule has 0 saturated carbocycles. The molecule has 0 amide bonds. The van der Waals surface area contributed by atoms with E-state index in [2.05, 4.69) is 69.4 Å². The number of piperidine rings is 1. The minimum absolute atomic E-state index is 0.481. The number of benzene rings is 1. The van der Waals surface area contributed by atoms with Gasteiger partial charge in [-0.25, -0.2) is 4.68 Å². The highest BCUT2D eigenvalue weighted by Crippen LogP contribution is 2.30. The Morgan fingerprint density at radius 2 is 1.80 bits per heavy atom. The van der Waals surface area contributed by atoms with Crippen molar-refractivity contribution in [1.82, 2.24) is 34.4 Å². The molecule has 1 saturated heterocycles. The minimum atomic E-state index is 0.481. The Morgan fingerprint density at radius 3 is 2.63 bits per heavy atom. The van der Waals surface area contributed by atoms with Gasteiger partial charge in [0.15, 0.2) is 0 Å². The molecular weight excluding hydrogens is 434 g/mol. The average Bonchev–Trinajstić information content (AvgIpc) is 3.61. The van der Waals surface area contributed by atoms with E-state index in [1.165, 1.54) is 48.1 Å². The number of likely N-dealkylation sites (tertiary alicyclic amines) is 1. The van der Waals surface area contributed by atoms with Gasteiger partial charge in [-0.1, -0.05) is 31.2 Å². The van der Waals surface area contributed by atoms with E-state index in [0.717, 1.165) is 23.5 Å². The number of hydrogen-bond donors (Lipinski definition) is 1. The van der Waals surface area contributed by atoms with Crippen molar-refractivity contribution < 1.29 is 0 Å². The largest absolute Gasteiger partial charge is 0.357 e. The summed E-state index contributed by atoms with van der Waals surface area (Å²) in [6.07, 6.45) is 12.2. The first-order valence-corrected chi connectivity index (χ1v) is 12.3. The average molecular weight is 466 g/mol. The first-order valence-electron chi connectivity index (χ1n) is 12.3. The number of hydrogen-bond acceptors (Lipinski definition) is 4. The molecule has 0 unspecified atom stereocenters. The number of nitrogens with one attached hydrogen (secondary N) is 1. The van der Waals surface area contributed by atoms with Gasteiger partial charge < -0.3 is 9.55 Å². The number of fused-ring (bicyclic) bond motifs is 1. The molecule has 5 heterocycles. The standard InChI is InChI=1S/C28H31N7/c1-28(2)7-11-33(12-8-28)19-24-14-22-6-5-21(13-26(22)30-24)18-35-20-27(31-32-35)23-15-25(17-29-16-23)34-9-3-4-10-34/h3-6,9-10,13-17,20,30H,7-8,11-12,18-19H2,1-2H3. The van der Waals surface area contributed by atoms with Gasteiger partial charge in [-0.3, -0.25) is 9.88 Å². The molecule has 0 spiro atoms. The second-order valence-electron chi connectivity index (χ2n) is 10.5. The van der Waals surface area contributed by atoms with Crippen LogP contribution >= 0.6 is 0 Å². The molecule has 5 aromatic rings. The molecule has 0 aliphatic carbocycles. The van der Waals surface area contributed by atoms with Crippen LogP contribution in [0.1, 0.15) is 37.9 Å². The van der Waals surface area contributed by atoms with Crippen LogP contribution in [-0.2, 0) is 13.1 Å². The highest BCUT2D eigenvalue weighted by atomic mass is 15.4. The van der Waals surface area contributed by atoms with Gasteiger partial charge in [-0.2, -0.15) is 0 Å². The van der Waals surface area contributed by atoms with Crippen molar-refractivity contribution in [1.29, 1.82) is 0 Å². The maximum absolute atomic E-state index is 4.40. The van der Waals surface area contributed by atoms with Crippen LogP contribution < -0.4 is 0 Å². The zero-order valence-corrected chi connectivity index (χ0v) is 20.4. The quantitative estimate of drug-likeness (QED) is 0.370. The lowest BCUT2D eigenvalue weighted by atomic mass is 9.83. The maximum atomic E-state index is 4.40. The van der Waals surface area contributed by atoms with E-state index in [9.17, 15) is 0 Å². The van der Waals surface area contributed by atoms with E-state index >= 15 is 0 Å². The molecule has 1 fully saturated rings. The monoisotopic (exact) mass is 465 g/mol. The van der Waals surface area contributed by atoms with E-state index in [0.29, 0.717) is 12.0 Å². The van der Waals surface area contributed by atoms with Crippen LogP contribution in [0.3, 0.4) is 0 Å². The van der Waals surface area contributed by atoms with Crippen molar-refractivity contribution in [3.63, 3.8) is 0 Å². The van der Waals surface area contributed by atoms with Gasteiger partial charge in [0.2, 0.25) is 0 Å². The molecule has 1 aromatic carbocycles. The number of nitrogens with zero attached hydrogens (tertiary/aromatic N) is 6.